The third kappa shape index (κ3) is 2.98. The molecule has 1 aliphatic heterocycles. The minimum absolute atomic E-state index is 0.0280. The molecule has 5 heteroatoms. The average molecular weight is 298 g/mol. The van der Waals surface area contributed by atoms with Crippen molar-refractivity contribution in [3.63, 3.8) is 0 Å². The van der Waals surface area contributed by atoms with Crippen LogP contribution in [0.5, 0.6) is 0 Å². The van der Waals surface area contributed by atoms with Crippen LogP contribution in [0.15, 0.2) is 22.7 Å². The molecule has 0 bridgehead atoms. The Morgan fingerprint density at radius 3 is 3.06 bits per heavy atom. The summed E-state index contributed by atoms with van der Waals surface area (Å²) in [7, 11) is 0. The Morgan fingerprint density at radius 1 is 1.59 bits per heavy atom. The van der Waals surface area contributed by atoms with Crippen LogP contribution < -0.4 is 16.0 Å². The van der Waals surface area contributed by atoms with Gasteiger partial charge >= 0.3 is 0 Å². The minimum atomic E-state index is 0.0280. The number of halogens is 1. The number of rotatable bonds is 3. The van der Waals surface area contributed by atoms with Gasteiger partial charge in [0, 0.05) is 17.1 Å². The number of benzene rings is 1. The van der Waals surface area contributed by atoms with E-state index in [0.717, 1.165) is 28.8 Å². The highest BCUT2D eigenvalue weighted by Gasteiger charge is 2.21. The Labute approximate surface area is 109 Å². The number of nitrogens with one attached hydrogen (secondary N) is 1. The van der Waals surface area contributed by atoms with Crippen molar-refractivity contribution in [1.82, 2.24) is 0 Å². The van der Waals surface area contributed by atoms with E-state index in [1.807, 2.05) is 25.1 Å². The number of hydrogen-bond acceptors (Lipinski definition) is 3. The summed E-state index contributed by atoms with van der Waals surface area (Å²) < 4.78 is 0.964. The lowest BCUT2D eigenvalue weighted by Gasteiger charge is -2.31. The number of hydrogen-bond donors (Lipinski definition) is 2. The highest BCUT2D eigenvalue weighted by Crippen LogP contribution is 2.32. The average Bonchev–Trinajstić information content (AvgIpc) is 2.24. The van der Waals surface area contributed by atoms with E-state index in [9.17, 15) is 4.79 Å². The fraction of sp³-hybridized carbons (Fsp3) is 0.417. The summed E-state index contributed by atoms with van der Waals surface area (Å²) in [5.41, 5.74) is 7.68. The minimum Gasteiger partial charge on any atom is -0.360 e. The SMILES string of the molecule is CC(N)CCN1CC(=O)Nc2cc(Br)ccc21. The predicted octanol–water partition coefficient (Wildman–Crippen LogP) is 1.94. The molecule has 1 aromatic rings. The zero-order valence-corrected chi connectivity index (χ0v) is 11.3. The van der Waals surface area contributed by atoms with E-state index in [0.29, 0.717) is 6.54 Å². The molecular formula is C12H16BrN3O. The molecule has 3 N–H and O–H groups in total. The van der Waals surface area contributed by atoms with E-state index >= 15 is 0 Å². The standard InChI is InChI=1S/C12H16BrN3O/c1-8(14)4-5-16-7-12(17)15-10-6-9(13)2-3-11(10)16/h2-3,6,8H,4-5,7,14H2,1H3,(H,15,17). The molecule has 0 radical (unpaired) electrons. The maximum atomic E-state index is 11.6. The van der Waals surface area contributed by atoms with E-state index in [1.165, 1.54) is 0 Å². The van der Waals surface area contributed by atoms with Crippen LogP contribution in [0.25, 0.3) is 0 Å². The van der Waals surface area contributed by atoms with Gasteiger partial charge in [-0.25, -0.2) is 0 Å². The largest absolute Gasteiger partial charge is 0.360 e. The molecular weight excluding hydrogens is 282 g/mol. The van der Waals surface area contributed by atoms with Crippen molar-refractivity contribution < 1.29 is 4.79 Å². The third-order valence-corrected chi connectivity index (χ3v) is 3.26. The van der Waals surface area contributed by atoms with Crippen LogP contribution >= 0.6 is 15.9 Å². The summed E-state index contributed by atoms with van der Waals surface area (Å²) in [6.07, 6.45) is 0.878. The first-order valence-corrected chi connectivity index (χ1v) is 6.45. The summed E-state index contributed by atoms with van der Waals surface area (Å²) in [5, 5.41) is 2.88. The van der Waals surface area contributed by atoms with Crippen molar-refractivity contribution in [2.75, 3.05) is 23.3 Å². The van der Waals surface area contributed by atoms with Gasteiger partial charge in [0.25, 0.3) is 0 Å². The number of amides is 1. The Hall–Kier alpha value is -1.07. The van der Waals surface area contributed by atoms with Gasteiger partial charge in [0.15, 0.2) is 0 Å². The highest BCUT2D eigenvalue weighted by molar-refractivity contribution is 9.10. The number of nitrogens with two attached hydrogens (primary N) is 1. The topological polar surface area (TPSA) is 58.4 Å². The zero-order valence-electron chi connectivity index (χ0n) is 9.74. The molecule has 1 heterocycles. The molecule has 92 valence electrons. The first kappa shape index (κ1) is 12.4. The van der Waals surface area contributed by atoms with Gasteiger partial charge in [0.1, 0.15) is 0 Å². The summed E-state index contributed by atoms with van der Waals surface area (Å²) in [6, 6.07) is 6.07. The summed E-state index contributed by atoms with van der Waals surface area (Å²) in [6.45, 7) is 3.19. The molecule has 1 unspecified atom stereocenters. The zero-order chi connectivity index (χ0) is 12.4. The summed E-state index contributed by atoms with van der Waals surface area (Å²) in [5.74, 6) is 0.0280. The predicted molar refractivity (Wildman–Crippen MR) is 73.3 cm³/mol. The number of anilines is 2. The molecule has 0 saturated carbocycles. The van der Waals surface area contributed by atoms with Gasteiger partial charge in [-0.15, -0.1) is 0 Å². The van der Waals surface area contributed by atoms with E-state index < -0.39 is 0 Å². The highest BCUT2D eigenvalue weighted by atomic mass is 79.9. The molecule has 1 amide bonds. The van der Waals surface area contributed by atoms with Gasteiger partial charge in [-0.1, -0.05) is 15.9 Å². The Bertz CT molecular complexity index is 434. The van der Waals surface area contributed by atoms with E-state index in [-0.39, 0.29) is 11.9 Å². The molecule has 0 saturated heterocycles. The molecule has 4 nitrogen and oxygen atoms in total. The normalized spacial score (nSPS) is 16.4. The van der Waals surface area contributed by atoms with Gasteiger partial charge < -0.3 is 16.0 Å². The lowest BCUT2D eigenvalue weighted by molar-refractivity contribution is -0.115. The fourth-order valence-corrected chi connectivity index (χ4v) is 2.25. The Balaban J connectivity index is 2.22. The number of carbonyl (C=O) groups is 1. The summed E-state index contributed by atoms with van der Waals surface area (Å²) >= 11 is 3.40. The van der Waals surface area contributed by atoms with Gasteiger partial charge in [-0.3, -0.25) is 4.79 Å². The van der Waals surface area contributed by atoms with Crippen LogP contribution in [0, 0.1) is 0 Å². The first-order valence-electron chi connectivity index (χ1n) is 5.66. The van der Waals surface area contributed by atoms with Crippen molar-refractivity contribution in [3.05, 3.63) is 22.7 Å². The quantitative estimate of drug-likeness (QED) is 0.896. The van der Waals surface area contributed by atoms with Crippen LogP contribution in [0.1, 0.15) is 13.3 Å². The van der Waals surface area contributed by atoms with E-state index in [1.54, 1.807) is 0 Å². The maximum Gasteiger partial charge on any atom is 0.243 e. The van der Waals surface area contributed by atoms with Crippen molar-refractivity contribution >= 4 is 33.2 Å². The second kappa shape index (κ2) is 5.06. The number of nitrogens with zero attached hydrogens (tertiary/aromatic N) is 1. The number of carbonyl (C=O) groups excluding carboxylic acids is 1. The van der Waals surface area contributed by atoms with Gasteiger partial charge in [-0.2, -0.15) is 0 Å². The molecule has 1 aliphatic rings. The Morgan fingerprint density at radius 2 is 2.35 bits per heavy atom. The number of fused-ring (bicyclic) bond motifs is 1. The third-order valence-electron chi connectivity index (χ3n) is 2.76. The van der Waals surface area contributed by atoms with Crippen molar-refractivity contribution in [3.8, 4) is 0 Å². The molecule has 1 atom stereocenters. The maximum absolute atomic E-state index is 11.6. The molecule has 2 rings (SSSR count). The van der Waals surface area contributed by atoms with Crippen molar-refractivity contribution in [1.29, 1.82) is 0 Å². The second-order valence-electron chi connectivity index (χ2n) is 4.40. The lowest BCUT2D eigenvalue weighted by atomic mass is 10.1. The second-order valence-corrected chi connectivity index (χ2v) is 5.31. The van der Waals surface area contributed by atoms with Crippen LogP contribution in [-0.2, 0) is 4.79 Å². The van der Waals surface area contributed by atoms with Gasteiger partial charge in [0.05, 0.1) is 17.9 Å². The van der Waals surface area contributed by atoms with Gasteiger partial charge in [-0.05, 0) is 31.5 Å². The van der Waals surface area contributed by atoms with Crippen molar-refractivity contribution in [2.24, 2.45) is 5.73 Å². The summed E-state index contributed by atoms with van der Waals surface area (Å²) in [4.78, 5) is 13.7. The van der Waals surface area contributed by atoms with E-state index in [4.69, 9.17) is 5.73 Å². The monoisotopic (exact) mass is 297 g/mol. The molecule has 0 aliphatic carbocycles. The Kier molecular flexibility index (Phi) is 3.69. The fourth-order valence-electron chi connectivity index (χ4n) is 1.89. The van der Waals surface area contributed by atoms with E-state index in [2.05, 4.69) is 26.1 Å². The van der Waals surface area contributed by atoms with Crippen LogP contribution in [0.3, 0.4) is 0 Å². The van der Waals surface area contributed by atoms with Crippen LogP contribution in [-0.4, -0.2) is 25.0 Å². The molecule has 17 heavy (non-hydrogen) atoms. The molecule has 0 spiro atoms. The smallest absolute Gasteiger partial charge is 0.243 e. The van der Waals surface area contributed by atoms with Crippen LogP contribution in [0.4, 0.5) is 11.4 Å². The lowest BCUT2D eigenvalue weighted by Crippen LogP contribution is -2.40. The first-order chi connectivity index (χ1) is 8.06. The molecule has 1 aromatic carbocycles. The van der Waals surface area contributed by atoms with Crippen molar-refractivity contribution in [2.45, 2.75) is 19.4 Å². The van der Waals surface area contributed by atoms with Gasteiger partial charge in [0.2, 0.25) is 5.91 Å². The molecule has 0 aromatic heterocycles. The molecule has 0 fully saturated rings. The van der Waals surface area contributed by atoms with Crippen LogP contribution in [0.2, 0.25) is 0 Å².